The van der Waals surface area contributed by atoms with Gasteiger partial charge in [-0.1, -0.05) is 66.7 Å². The average molecular weight is 349 g/mol. The van der Waals surface area contributed by atoms with Crippen LogP contribution >= 0.6 is 0 Å². The minimum absolute atomic E-state index is 0.165. The van der Waals surface area contributed by atoms with E-state index >= 15 is 0 Å². The topological polar surface area (TPSA) is 46.6 Å². The van der Waals surface area contributed by atoms with Gasteiger partial charge in [0.1, 0.15) is 18.9 Å². The summed E-state index contributed by atoms with van der Waals surface area (Å²) in [5, 5.41) is 0. The first-order chi connectivity index (χ1) is 12.7. The van der Waals surface area contributed by atoms with Crippen LogP contribution in [0.25, 0.3) is 0 Å². The van der Waals surface area contributed by atoms with Crippen molar-refractivity contribution in [2.75, 3.05) is 0 Å². The molecule has 134 valence electrons. The van der Waals surface area contributed by atoms with Crippen molar-refractivity contribution in [1.29, 1.82) is 0 Å². The lowest BCUT2D eigenvalue weighted by atomic mass is 10.0. The molecule has 2 aromatic rings. The van der Waals surface area contributed by atoms with Crippen LogP contribution in [0.4, 0.5) is 0 Å². The second-order valence-electron chi connectivity index (χ2n) is 6.53. The highest BCUT2D eigenvalue weighted by molar-refractivity contribution is 5.77. The van der Waals surface area contributed by atoms with E-state index in [1.165, 1.54) is 0 Å². The monoisotopic (exact) mass is 349 g/mol. The van der Waals surface area contributed by atoms with Gasteiger partial charge >= 0.3 is 5.97 Å². The fraction of sp³-hybridized carbons (Fsp3) is 0.273. The van der Waals surface area contributed by atoms with E-state index in [1.54, 1.807) is 6.08 Å². The highest BCUT2D eigenvalue weighted by Gasteiger charge is 2.43. The summed E-state index contributed by atoms with van der Waals surface area (Å²) in [6.07, 6.45) is 3.14. The Balaban J connectivity index is 1.74. The molecule has 0 radical (unpaired) electrons. The van der Waals surface area contributed by atoms with E-state index < -0.39 is 6.04 Å². The highest BCUT2D eigenvalue weighted by atomic mass is 16.5. The number of likely N-dealkylation sites (tertiary alicyclic amines) is 1. The van der Waals surface area contributed by atoms with Crippen LogP contribution in [0.15, 0.2) is 73.3 Å². The van der Waals surface area contributed by atoms with Gasteiger partial charge in [0, 0.05) is 18.5 Å². The molecule has 4 heteroatoms. The van der Waals surface area contributed by atoms with Crippen molar-refractivity contribution in [2.24, 2.45) is 5.92 Å². The maximum absolute atomic E-state index is 12.7. The first-order valence-electron chi connectivity index (χ1n) is 8.81. The summed E-state index contributed by atoms with van der Waals surface area (Å²) in [5.74, 6) is -0.536. The van der Waals surface area contributed by atoms with E-state index in [4.69, 9.17) is 4.74 Å². The second kappa shape index (κ2) is 8.59. The van der Waals surface area contributed by atoms with Crippen LogP contribution in [-0.4, -0.2) is 29.2 Å². The Labute approximate surface area is 154 Å². The molecule has 1 saturated heterocycles. The van der Waals surface area contributed by atoms with Crippen LogP contribution in [0.3, 0.4) is 0 Å². The van der Waals surface area contributed by atoms with Gasteiger partial charge in [0.05, 0.1) is 0 Å². The van der Waals surface area contributed by atoms with Crippen LogP contribution in [-0.2, 0) is 27.5 Å². The highest BCUT2D eigenvalue weighted by Crippen LogP contribution is 2.32. The van der Waals surface area contributed by atoms with Crippen LogP contribution in [0.2, 0.25) is 0 Å². The molecule has 0 aliphatic carbocycles. The van der Waals surface area contributed by atoms with Crippen molar-refractivity contribution in [1.82, 2.24) is 4.90 Å². The molecule has 2 aromatic carbocycles. The maximum Gasteiger partial charge on any atom is 0.323 e. The summed E-state index contributed by atoms with van der Waals surface area (Å²) in [7, 11) is 0. The number of benzene rings is 2. The molecule has 3 rings (SSSR count). The largest absolute Gasteiger partial charge is 0.460 e. The van der Waals surface area contributed by atoms with Gasteiger partial charge in [0.15, 0.2) is 0 Å². The Morgan fingerprint density at radius 3 is 2.27 bits per heavy atom. The Hall–Kier alpha value is -2.72. The molecule has 4 nitrogen and oxygen atoms in total. The van der Waals surface area contributed by atoms with Gasteiger partial charge in [-0.15, -0.1) is 6.58 Å². The number of nitrogens with zero attached hydrogens (tertiary/aromatic N) is 1. The van der Waals surface area contributed by atoms with Gasteiger partial charge in [-0.25, -0.2) is 0 Å². The lowest BCUT2D eigenvalue weighted by Crippen LogP contribution is -2.41. The lowest BCUT2D eigenvalue weighted by molar-refractivity contribution is -0.150. The smallest absolute Gasteiger partial charge is 0.323 e. The molecular weight excluding hydrogens is 326 g/mol. The van der Waals surface area contributed by atoms with Crippen LogP contribution in [0.1, 0.15) is 17.5 Å². The zero-order valence-corrected chi connectivity index (χ0v) is 14.7. The molecule has 0 aromatic heterocycles. The van der Waals surface area contributed by atoms with E-state index in [1.807, 2.05) is 65.6 Å². The summed E-state index contributed by atoms with van der Waals surface area (Å²) in [6, 6.07) is 18.9. The zero-order chi connectivity index (χ0) is 18.4. The molecule has 3 atom stereocenters. The summed E-state index contributed by atoms with van der Waals surface area (Å²) in [5.41, 5.74) is 2.03. The normalized spacial score (nSPS) is 22.7. The number of hydrogen-bond donors (Lipinski definition) is 0. The Morgan fingerprint density at radius 1 is 1.08 bits per heavy atom. The van der Waals surface area contributed by atoms with E-state index in [0.29, 0.717) is 13.0 Å². The number of rotatable bonds is 7. The van der Waals surface area contributed by atoms with Crippen molar-refractivity contribution in [2.45, 2.75) is 31.7 Å². The van der Waals surface area contributed by atoms with Gasteiger partial charge < -0.3 is 9.53 Å². The third-order valence-electron chi connectivity index (χ3n) is 4.84. The molecule has 1 fully saturated rings. The zero-order valence-electron chi connectivity index (χ0n) is 14.7. The van der Waals surface area contributed by atoms with E-state index in [-0.39, 0.29) is 24.5 Å². The maximum atomic E-state index is 12.7. The van der Waals surface area contributed by atoms with Crippen molar-refractivity contribution >= 4 is 12.3 Å². The Bertz CT molecular complexity index is 744. The van der Waals surface area contributed by atoms with Gasteiger partial charge in [0.25, 0.3) is 0 Å². The van der Waals surface area contributed by atoms with E-state index in [0.717, 1.165) is 17.4 Å². The first kappa shape index (κ1) is 18.1. The fourth-order valence-electron chi connectivity index (χ4n) is 3.50. The van der Waals surface area contributed by atoms with Gasteiger partial charge in [-0.2, -0.15) is 0 Å². The van der Waals surface area contributed by atoms with Crippen molar-refractivity contribution < 1.29 is 14.3 Å². The van der Waals surface area contributed by atoms with Crippen molar-refractivity contribution in [3.8, 4) is 0 Å². The molecule has 1 heterocycles. The summed E-state index contributed by atoms with van der Waals surface area (Å²) < 4.78 is 5.53. The van der Waals surface area contributed by atoms with Crippen LogP contribution in [0, 0.1) is 5.92 Å². The third kappa shape index (κ3) is 4.09. The number of ether oxygens (including phenoxy) is 1. The fourth-order valence-corrected chi connectivity index (χ4v) is 3.50. The standard InChI is InChI=1S/C22H23NO3/c1-2-20-19(15-24)13-21(23(20)14-17-9-5-3-6-10-17)22(25)26-16-18-11-7-4-8-12-18/h2-12,15,19-21H,1,13-14,16H2/t19-,20-,21+/m0/s1. The summed E-state index contributed by atoms with van der Waals surface area (Å²) in [4.78, 5) is 26.2. The number of esters is 1. The molecule has 0 bridgehead atoms. The number of carbonyl (C=O) groups is 2. The van der Waals surface area contributed by atoms with E-state index in [9.17, 15) is 9.59 Å². The Kier molecular flexibility index (Phi) is 5.97. The van der Waals surface area contributed by atoms with Crippen molar-refractivity contribution in [3.05, 3.63) is 84.4 Å². The third-order valence-corrected chi connectivity index (χ3v) is 4.84. The second-order valence-corrected chi connectivity index (χ2v) is 6.53. The Morgan fingerprint density at radius 2 is 1.69 bits per heavy atom. The molecule has 0 amide bonds. The molecule has 0 spiro atoms. The number of aldehydes is 1. The number of carbonyl (C=O) groups excluding carboxylic acids is 2. The van der Waals surface area contributed by atoms with Gasteiger partial charge in [-0.05, 0) is 17.5 Å². The number of hydrogen-bond acceptors (Lipinski definition) is 4. The van der Waals surface area contributed by atoms with E-state index in [2.05, 4.69) is 6.58 Å². The van der Waals surface area contributed by atoms with Gasteiger partial charge in [0.2, 0.25) is 0 Å². The average Bonchev–Trinajstić information content (AvgIpc) is 3.05. The lowest BCUT2D eigenvalue weighted by Gasteiger charge is -2.28. The summed E-state index contributed by atoms with van der Waals surface area (Å²) in [6.45, 7) is 4.68. The SMILES string of the molecule is C=C[C@H]1[C@H](C=O)C[C@H](C(=O)OCc2ccccc2)N1Cc1ccccc1. The predicted molar refractivity (Wildman–Crippen MR) is 100 cm³/mol. The van der Waals surface area contributed by atoms with Gasteiger partial charge in [-0.3, -0.25) is 9.69 Å². The molecule has 0 saturated carbocycles. The molecule has 1 aliphatic heterocycles. The van der Waals surface area contributed by atoms with Crippen LogP contribution < -0.4 is 0 Å². The van der Waals surface area contributed by atoms with Crippen LogP contribution in [0.5, 0.6) is 0 Å². The quantitative estimate of drug-likeness (QED) is 0.437. The molecular formula is C22H23NO3. The van der Waals surface area contributed by atoms with Crippen molar-refractivity contribution in [3.63, 3.8) is 0 Å². The summed E-state index contributed by atoms with van der Waals surface area (Å²) >= 11 is 0. The molecule has 0 N–H and O–H groups in total. The molecule has 1 aliphatic rings. The minimum atomic E-state index is -0.447. The first-order valence-corrected chi connectivity index (χ1v) is 8.81. The molecule has 0 unspecified atom stereocenters. The molecule has 26 heavy (non-hydrogen) atoms. The predicted octanol–water partition coefficient (Wildman–Crippen LogP) is 3.37. The minimum Gasteiger partial charge on any atom is -0.460 e.